The van der Waals surface area contributed by atoms with Gasteiger partial charge in [-0.05, 0) is 25.1 Å². The molecule has 0 saturated carbocycles. The van der Waals surface area contributed by atoms with E-state index in [0.29, 0.717) is 5.69 Å². The lowest BCUT2D eigenvalue weighted by Gasteiger charge is -2.03. The minimum Gasteiger partial charge on any atom is -0.465 e. The summed E-state index contributed by atoms with van der Waals surface area (Å²) in [6.45, 7) is 1.67. The highest BCUT2D eigenvalue weighted by Crippen LogP contribution is 2.14. The zero-order valence-electron chi connectivity index (χ0n) is 12.3. The fourth-order valence-electron chi connectivity index (χ4n) is 1.77. The number of nitro benzene ring substituents is 1. The summed E-state index contributed by atoms with van der Waals surface area (Å²) in [5, 5.41) is 17.1. The van der Waals surface area contributed by atoms with E-state index in [1.807, 2.05) is 0 Å². The van der Waals surface area contributed by atoms with E-state index in [4.69, 9.17) is 4.74 Å². The fourth-order valence-corrected chi connectivity index (χ4v) is 1.77. The lowest BCUT2D eigenvalue weighted by molar-refractivity contribution is -0.384. The molecule has 23 heavy (non-hydrogen) atoms. The van der Waals surface area contributed by atoms with Crippen molar-refractivity contribution < 1.29 is 19.2 Å². The maximum absolute atomic E-state index is 11.9. The maximum Gasteiger partial charge on any atom is 0.325 e. The molecule has 0 aliphatic carbocycles. The predicted molar refractivity (Wildman–Crippen MR) is 79.2 cm³/mol. The van der Waals surface area contributed by atoms with Crippen molar-refractivity contribution in [3.63, 3.8) is 0 Å². The summed E-state index contributed by atoms with van der Waals surface area (Å²) in [5.41, 5.74) is 0.654. The quantitative estimate of drug-likeness (QED) is 0.484. The van der Waals surface area contributed by atoms with Crippen molar-refractivity contribution in [1.82, 2.24) is 15.1 Å². The molecule has 1 aromatic heterocycles. The molecule has 0 atom stereocenters. The van der Waals surface area contributed by atoms with Crippen LogP contribution in [0.25, 0.3) is 5.69 Å². The van der Waals surface area contributed by atoms with E-state index in [-0.39, 0.29) is 24.5 Å². The number of non-ortho nitro benzene ring substituents is 1. The predicted octanol–water partition coefficient (Wildman–Crippen LogP) is 1.07. The summed E-state index contributed by atoms with van der Waals surface area (Å²) < 4.78 is 6.10. The van der Waals surface area contributed by atoms with Crippen molar-refractivity contribution >= 4 is 17.6 Å². The van der Waals surface area contributed by atoms with Gasteiger partial charge in [0.15, 0.2) is 5.69 Å². The van der Waals surface area contributed by atoms with E-state index in [9.17, 15) is 19.7 Å². The number of hydrogen-bond donors (Lipinski definition) is 1. The van der Waals surface area contributed by atoms with Crippen molar-refractivity contribution in [3.05, 3.63) is 52.3 Å². The minimum atomic E-state index is -0.532. The summed E-state index contributed by atoms with van der Waals surface area (Å²) in [4.78, 5) is 33.1. The average molecular weight is 318 g/mol. The molecule has 1 heterocycles. The molecule has 9 heteroatoms. The minimum absolute atomic E-state index is 0.0340. The van der Waals surface area contributed by atoms with Gasteiger partial charge in [-0.2, -0.15) is 5.10 Å². The van der Waals surface area contributed by atoms with Crippen LogP contribution in [0.1, 0.15) is 17.4 Å². The molecular formula is C14H14N4O5. The molecule has 9 nitrogen and oxygen atoms in total. The molecule has 2 rings (SSSR count). The molecule has 0 fully saturated rings. The van der Waals surface area contributed by atoms with Crippen LogP contribution < -0.4 is 5.32 Å². The number of rotatable bonds is 6. The highest BCUT2D eigenvalue weighted by molar-refractivity contribution is 5.94. The number of nitrogens with one attached hydrogen (secondary N) is 1. The molecule has 2 aromatic rings. The van der Waals surface area contributed by atoms with Gasteiger partial charge in [-0.25, -0.2) is 4.68 Å². The van der Waals surface area contributed by atoms with Gasteiger partial charge >= 0.3 is 5.97 Å². The van der Waals surface area contributed by atoms with Crippen LogP contribution in [-0.4, -0.2) is 39.7 Å². The van der Waals surface area contributed by atoms with Gasteiger partial charge in [-0.3, -0.25) is 19.7 Å². The van der Waals surface area contributed by atoms with Crippen LogP contribution in [-0.2, 0) is 9.53 Å². The Morgan fingerprint density at radius 1 is 1.30 bits per heavy atom. The lowest BCUT2D eigenvalue weighted by Crippen LogP contribution is -2.30. The van der Waals surface area contributed by atoms with Gasteiger partial charge in [0.2, 0.25) is 0 Å². The third-order valence-corrected chi connectivity index (χ3v) is 2.85. The Morgan fingerprint density at radius 2 is 2.00 bits per heavy atom. The van der Waals surface area contributed by atoms with Gasteiger partial charge in [0.1, 0.15) is 6.54 Å². The largest absolute Gasteiger partial charge is 0.465 e. The van der Waals surface area contributed by atoms with Crippen LogP contribution in [0.5, 0.6) is 0 Å². The number of carbonyl (C=O) groups is 2. The van der Waals surface area contributed by atoms with Gasteiger partial charge in [0.25, 0.3) is 11.6 Å². The molecule has 0 radical (unpaired) electrons. The molecule has 0 saturated heterocycles. The first-order chi connectivity index (χ1) is 11.0. The van der Waals surface area contributed by atoms with Crippen LogP contribution in [0.2, 0.25) is 0 Å². The maximum atomic E-state index is 11.9. The second-order valence-corrected chi connectivity index (χ2v) is 4.41. The molecule has 0 spiro atoms. The van der Waals surface area contributed by atoms with Crippen LogP contribution in [0.3, 0.4) is 0 Å². The van der Waals surface area contributed by atoms with Gasteiger partial charge in [-0.15, -0.1) is 0 Å². The molecule has 0 bridgehead atoms. The van der Waals surface area contributed by atoms with Crippen molar-refractivity contribution in [2.45, 2.75) is 6.92 Å². The molecule has 120 valence electrons. The average Bonchev–Trinajstić information content (AvgIpc) is 3.03. The first kappa shape index (κ1) is 16.1. The number of nitro groups is 1. The number of aromatic nitrogens is 2. The van der Waals surface area contributed by atoms with E-state index in [1.54, 1.807) is 13.1 Å². The smallest absolute Gasteiger partial charge is 0.325 e. The Labute approximate surface area is 131 Å². The SMILES string of the molecule is CCOC(=O)CNC(=O)c1ccn(-c2ccc([N+](=O)[O-])cc2)n1. The number of esters is 1. The summed E-state index contributed by atoms with van der Waals surface area (Å²) in [6.07, 6.45) is 1.54. The van der Waals surface area contributed by atoms with Crippen molar-refractivity contribution in [3.8, 4) is 5.69 Å². The zero-order valence-corrected chi connectivity index (χ0v) is 12.3. The van der Waals surface area contributed by atoms with Gasteiger partial charge in [0.05, 0.1) is 17.2 Å². The number of carbonyl (C=O) groups excluding carboxylic acids is 2. The Hall–Kier alpha value is -3.23. The zero-order chi connectivity index (χ0) is 16.8. The molecule has 0 aliphatic heterocycles. The molecule has 1 amide bonds. The van der Waals surface area contributed by atoms with Gasteiger partial charge in [0, 0.05) is 18.3 Å². The monoisotopic (exact) mass is 318 g/mol. The highest BCUT2D eigenvalue weighted by atomic mass is 16.6. The lowest BCUT2D eigenvalue weighted by atomic mass is 10.3. The third-order valence-electron chi connectivity index (χ3n) is 2.85. The number of benzene rings is 1. The molecule has 1 N–H and O–H groups in total. The number of ether oxygens (including phenoxy) is 1. The molecular weight excluding hydrogens is 304 g/mol. The van der Waals surface area contributed by atoms with E-state index in [2.05, 4.69) is 10.4 Å². The van der Waals surface area contributed by atoms with Crippen LogP contribution in [0.4, 0.5) is 5.69 Å². The Morgan fingerprint density at radius 3 is 2.61 bits per heavy atom. The fraction of sp³-hybridized carbons (Fsp3) is 0.214. The standard InChI is InChI=1S/C14H14N4O5/c1-2-23-13(19)9-15-14(20)12-7-8-17(16-12)10-3-5-11(6-4-10)18(21)22/h3-8H,2,9H2,1H3,(H,15,20). The summed E-state index contributed by atoms with van der Waals surface area (Å²) in [7, 11) is 0. The van der Waals surface area contributed by atoms with E-state index in [1.165, 1.54) is 35.0 Å². The molecule has 0 aliphatic rings. The Kier molecular flexibility index (Phi) is 5.03. The number of amides is 1. The number of nitrogens with zero attached hydrogens (tertiary/aromatic N) is 3. The second kappa shape index (κ2) is 7.16. The first-order valence-electron chi connectivity index (χ1n) is 6.75. The van der Waals surface area contributed by atoms with E-state index in [0.717, 1.165) is 0 Å². The van der Waals surface area contributed by atoms with Crippen LogP contribution in [0, 0.1) is 10.1 Å². The topological polar surface area (TPSA) is 116 Å². The van der Waals surface area contributed by atoms with Crippen molar-refractivity contribution in [2.24, 2.45) is 0 Å². The first-order valence-corrected chi connectivity index (χ1v) is 6.75. The summed E-state index contributed by atoms with van der Waals surface area (Å²) in [6, 6.07) is 7.20. The molecule has 1 aromatic carbocycles. The van der Waals surface area contributed by atoms with Crippen LogP contribution >= 0.6 is 0 Å². The Bertz CT molecular complexity index is 723. The third kappa shape index (κ3) is 4.13. The van der Waals surface area contributed by atoms with Gasteiger partial charge < -0.3 is 10.1 Å². The van der Waals surface area contributed by atoms with E-state index < -0.39 is 16.8 Å². The second-order valence-electron chi connectivity index (χ2n) is 4.41. The normalized spacial score (nSPS) is 10.1. The van der Waals surface area contributed by atoms with E-state index >= 15 is 0 Å². The summed E-state index contributed by atoms with van der Waals surface area (Å²) in [5.74, 6) is -1.05. The van der Waals surface area contributed by atoms with Crippen molar-refractivity contribution in [2.75, 3.05) is 13.2 Å². The Balaban J connectivity index is 2.03. The van der Waals surface area contributed by atoms with Crippen LogP contribution in [0.15, 0.2) is 36.5 Å². The highest BCUT2D eigenvalue weighted by Gasteiger charge is 2.12. The molecule has 0 unspecified atom stereocenters. The summed E-state index contributed by atoms with van der Waals surface area (Å²) >= 11 is 0. The van der Waals surface area contributed by atoms with Gasteiger partial charge in [-0.1, -0.05) is 0 Å². The number of hydrogen-bond acceptors (Lipinski definition) is 6. The van der Waals surface area contributed by atoms with Crippen molar-refractivity contribution in [1.29, 1.82) is 0 Å².